The van der Waals surface area contributed by atoms with Gasteiger partial charge in [0.15, 0.2) is 0 Å². The highest BCUT2D eigenvalue weighted by Gasteiger charge is 2.36. The van der Waals surface area contributed by atoms with E-state index in [1.54, 1.807) is 16.8 Å². The van der Waals surface area contributed by atoms with Gasteiger partial charge in [0.25, 0.3) is 5.56 Å². The molecule has 1 aromatic rings. The first-order chi connectivity index (χ1) is 10.3. The monoisotopic (exact) mass is 290 g/mol. The molecule has 1 aliphatic carbocycles. The molecule has 2 atom stereocenters. The standard InChI is InChI=1S/C16H22N2O3/c19-15-7-3-4-9-17(15)10-8-16(20)18-11-12-21-14-6-2-1-5-13(14)18/h3-4,7,9,13-14H,1-2,5-6,8,10-12H2. The first kappa shape index (κ1) is 14.3. The fourth-order valence-electron chi connectivity index (χ4n) is 3.41. The predicted molar refractivity (Wildman–Crippen MR) is 79.0 cm³/mol. The zero-order valence-corrected chi connectivity index (χ0v) is 12.2. The molecule has 0 aromatic carbocycles. The van der Waals surface area contributed by atoms with Gasteiger partial charge in [-0.25, -0.2) is 0 Å². The Balaban J connectivity index is 1.62. The molecular weight excluding hydrogens is 268 g/mol. The molecule has 1 aliphatic heterocycles. The van der Waals surface area contributed by atoms with E-state index < -0.39 is 0 Å². The summed E-state index contributed by atoms with van der Waals surface area (Å²) in [7, 11) is 0. The van der Waals surface area contributed by atoms with Crippen molar-refractivity contribution in [2.45, 2.75) is 50.8 Å². The molecule has 2 heterocycles. The Morgan fingerprint density at radius 3 is 3.00 bits per heavy atom. The number of pyridine rings is 1. The van der Waals surface area contributed by atoms with E-state index in [-0.39, 0.29) is 23.6 Å². The highest BCUT2D eigenvalue weighted by atomic mass is 16.5. The molecule has 0 radical (unpaired) electrons. The summed E-state index contributed by atoms with van der Waals surface area (Å²) in [5.41, 5.74) is -0.0529. The minimum atomic E-state index is -0.0529. The van der Waals surface area contributed by atoms with Crippen LogP contribution in [0.5, 0.6) is 0 Å². The average Bonchev–Trinajstić information content (AvgIpc) is 2.53. The van der Waals surface area contributed by atoms with Crippen LogP contribution in [0.25, 0.3) is 0 Å². The second kappa shape index (κ2) is 6.43. The van der Waals surface area contributed by atoms with Gasteiger partial charge < -0.3 is 14.2 Å². The van der Waals surface area contributed by atoms with Crippen LogP contribution in [0.3, 0.4) is 0 Å². The van der Waals surface area contributed by atoms with Crippen LogP contribution < -0.4 is 5.56 Å². The number of rotatable bonds is 3. The van der Waals surface area contributed by atoms with Crippen molar-refractivity contribution in [1.29, 1.82) is 0 Å². The van der Waals surface area contributed by atoms with Crippen LogP contribution in [-0.2, 0) is 16.1 Å². The molecule has 1 amide bonds. The molecular formula is C16H22N2O3. The van der Waals surface area contributed by atoms with E-state index in [1.165, 1.54) is 18.9 Å². The van der Waals surface area contributed by atoms with E-state index in [9.17, 15) is 9.59 Å². The van der Waals surface area contributed by atoms with Crippen molar-refractivity contribution >= 4 is 5.91 Å². The number of fused-ring (bicyclic) bond motifs is 1. The molecule has 3 rings (SSSR count). The summed E-state index contributed by atoms with van der Waals surface area (Å²) in [6, 6.07) is 5.30. The van der Waals surface area contributed by atoms with Gasteiger partial charge in [-0.2, -0.15) is 0 Å². The maximum absolute atomic E-state index is 12.5. The van der Waals surface area contributed by atoms with Gasteiger partial charge in [0.2, 0.25) is 5.91 Å². The largest absolute Gasteiger partial charge is 0.374 e. The summed E-state index contributed by atoms with van der Waals surface area (Å²) in [4.78, 5) is 26.1. The van der Waals surface area contributed by atoms with Crippen LogP contribution in [-0.4, -0.2) is 40.7 Å². The lowest BCUT2D eigenvalue weighted by Gasteiger charge is -2.43. The van der Waals surface area contributed by atoms with Gasteiger partial charge in [-0.1, -0.05) is 18.9 Å². The van der Waals surface area contributed by atoms with Crippen molar-refractivity contribution in [2.24, 2.45) is 0 Å². The van der Waals surface area contributed by atoms with Crippen LogP contribution >= 0.6 is 0 Å². The summed E-state index contributed by atoms with van der Waals surface area (Å²) in [5, 5.41) is 0. The SMILES string of the molecule is O=C(CCn1ccccc1=O)N1CCOC2CCCCC21. The number of carbonyl (C=O) groups is 1. The maximum Gasteiger partial charge on any atom is 0.250 e. The van der Waals surface area contributed by atoms with Crippen molar-refractivity contribution < 1.29 is 9.53 Å². The summed E-state index contributed by atoms with van der Waals surface area (Å²) in [6.45, 7) is 1.77. The van der Waals surface area contributed by atoms with Crippen molar-refractivity contribution in [3.05, 3.63) is 34.7 Å². The molecule has 2 aliphatic rings. The molecule has 2 unspecified atom stereocenters. The van der Waals surface area contributed by atoms with Crippen LogP contribution in [0.2, 0.25) is 0 Å². The third-order valence-corrected chi connectivity index (χ3v) is 4.52. The highest BCUT2D eigenvalue weighted by Crippen LogP contribution is 2.28. The molecule has 5 heteroatoms. The van der Waals surface area contributed by atoms with Gasteiger partial charge in [-0.05, 0) is 18.9 Å². The number of aryl methyl sites for hydroxylation is 1. The molecule has 0 bridgehead atoms. The van der Waals surface area contributed by atoms with Gasteiger partial charge >= 0.3 is 0 Å². The summed E-state index contributed by atoms with van der Waals surface area (Å²) in [6.07, 6.45) is 6.81. The quantitative estimate of drug-likeness (QED) is 0.845. The first-order valence-corrected chi connectivity index (χ1v) is 7.82. The van der Waals surface area contributed by atoms with Crippen LogP contribution in [0.1, 0.15) is 32.1 Å². The Labute approximate surface area is 124 Å². The average molecular weight is 290 g/mol. The lowest BCUT2D eigenvalue weighted by Crippen LogP contribution is -2.55. The Morgan fingerprint density at radius 1 is 1.29 bits per heavy atom. The molecule has 0 N–H and O–H groups in total. The van der Waals surface area contributed by atoms with Gasteiger partial charge in [-0.15, -0.1) is 0 Å². The molecule has 1 saturated heterocycles. The Kier molecular flexibility index (Phi) is 4.39. The Bertz CT molecular complexity index is 552. The minimum Gasteiger partial charge on any atom is -0.374 e. The lowest BCUT2D eigenvalue weighted by molar-refractivity contribution is -0.149. The van der Waals surface area contributed by atoms with Crippen LogP contribution in [0.4, 0.5) is 0 Å². The zero-order chi connectivity index (χ0) is 14.7. The van der Waals surface area contributed by atoms with E-state index in [1.807, 2.05) is 11.0 Å². The summed E-state index contributed by atoms with van der Waals surface area (Å²) < 4.78 is 7.39. The van der Waals surface area contributed by atoms with Crippen LogP contribution in [0.15, 0.2) is 29.2 Å². The predicted octanol–water partition coefficient (Wildman–Crippen LogP) is 1.41. The second-order valence-electron chi connectivity index (χ2n) is 5.83. The van der Waals surface area contributed by atoms with Gasteiger partial charge in [0.1, 0.15) is 0 Å². The second-order valence-corrected chi connectivity index (χ2v) is 5.83. The molecule has 21 heavy (non-hydrogen) atoms. The number of amides is 1. The third kappa shape index (κ3) is 3.18. The normalized spacial score (nSPS) is 25.4. The van der Waals surface area contributed by atoms with E-state index in [2.05, 4.69) is 0 Å². The summed E-state index contributed by atoms with van der Waals surface area (Å²) in [5.74, 6) is 0.144. The number of carbonyl (C=O) groups excluding carboxylic acids is 1. The van der Waals surface area contributed by atoms with Crippen molar-refractivity contribution in [3.63, 3.8) is 0 Å². The fourth-order valence-corrected chi connectivity index (χ4v) is 3.41. The number of hydrogen-bond acceptors (Lipinski definition) is 3. The highest BCUT2D eigenvalue weighted by molar-refractivity contribution is 5.76. The smallest absolute Gasteiger partial charge is 0.250 e. The van der Waals surface area contributed by atoms with Crippen molar-refractivity contribution in [1.82, 2.24) is 9.47 Å². The van der Waals surface area contributed by atoms with E-state index >= 15 is 0 Å². The fraction of sp³-hybridized carbons (Fsp3) is 0.625. The van der Waals surface area contributed by atoms with Gasteiger partial charge in [0, 0.05) is 31.8 Å². The molecule has 114 valence electrons. The topological polar surface area (TPSA) is 51.5 Å². The number of morpholine rings is 1. The first-order valence-electron chi connectivity index (χ1n) is 7.82. The molecule has 5 nitrogen and oxygen atoms in total. The van der Waals surface area contributed by atoms with Crippen molar-refractivity contribution in [2.75, 3.05) is 13.2 Å². The van der Waals surface area contributed by atoms with E-state index in [4.69, 9.17) is 4.74 Å². The lowest BCUT2D eigenvalue weighted by atomic mass is 9.90. The van der Waals surface area contributed by atoms with E-state index in [0.717, 1.165) is 12.8 Å². The van der Waals surface area contributed by atoms with E-state index in [0.29, 0.717) is 26.1 Å². The van der Waals surface area contributed by atoms with Gasteiger partial charge in [0.05, 0.1) is 18.8 Å². The molecule has 1 aromatic heterocycles. The molecule has 0 spiro atoms. The summed E-state index contributed by atoms with van der Waals surface area (Å²) >= 11 is 0. The maximum atomic E-state index is 12.5. The number of nitrogens with zero attached hydrogens (tertiary/aromatic N) is 2. The number of aromatic nitrogens is 1. The Morgan fingerprint density at radius 2 is 2.14 bits per heavy atom. The zero-order valence-electron chi connectivity index (χ0n) is 12.2. The minimum absolute atomic E-state index is 0.0529. The van der Waals surface area contributed by atoms with Crippen LogP contribution in [0, 0.1) is 0 Å². The van der Waals surface area contributed by atoms with Gasteiger partial charge in [-0.3, -0.25) is 9.59 Å². The number of hydrogen-bond donors (Lipinski definition) is 0. The number of ether oxygens (including phenoxy) is 1. The third-order valence-electron chi connectivity index (χ3n) is 4.52. The molecule has 2 fully saturated rings. The molecule has 1 saturated carbocycles. The van der Waals surface area contributed by atoms with Crippen molar-refractivity contribution in [3.8, 4) is 0 Å². The Hall–Kier alpha value is -1.62.